The standard InChI is InChI=1S/C26H26N2O4/c1-19-26(30)28(23-12-5-6-13-24(23)32-19)15-14-25(29)27-17-20-8-7-9-21(16-20)18-31-22-10-3-2-4-11-22/h2-13,16,19H,14-15,17-18H2,1H3,(H,27,29). The molecular formula is C26H26N2O4. The van der Waals surface area contributed by atoms with E-state index < -0.39 is 6.10 Å². The molecule has 164 valence electrons. The summed E-state index contributed by atoms with van der Waals surface area (Å²) in [6, 6.07) is 25.0. The number of rotatable bonds is 8. The van der Waals surface area contributed by atoms with Crippen LogP contribution in [0.4, 0.5) is 5.69 Å². The van der Waals surface area contributed by atoms with Crippen molar-refractivity contribution in [3.05, 3.63) is 90.0 Å². The van der Waals surface area contributed by atoms with Gasteiger partial charge in [0.2, 0.25) is 5.91 Å². The summed E-state index contributed by atoms with van der Waals surface area (Å²) in [6.07, 6.45) is -0.349. The van der Waals surface area contributed by atoms with Crippen molar-refractivity contribution in [3.8, 4) is 11.5 Å². The zero-order valence-corrected chi connectivity index (χ0v) is 18.0. The summed E-state index contributed by atoms with van der Waals surface area (Å²) in [5, 5.41) is 2.94. The van der Waals surface area contributed by atoms with Crippen LogP contribution in [-0.2, 0) is 22.7 Å². The number of amides is 2. The first-order valence-electron chi connectivity index (χ1n) is 10.7. The average Bonchev–Trinajstić information content (AvgIpc) is 2.83. The highest BCUT2D eigenvalue weighted by atomic mass is 16.5. The van der Waals surface area contributed by atoms with Gasteiger partial charge in [-0.3, -0.25) is 9.59 Å². The minimum atomic E-state index is -0.561. The zero-order valence-electron chi connectivity index (χ0n) is 18.0. The van der Waals surface area contributed by atoms with Gasteiger partial charge in [-0.1, -0.05) is 54.6 Å². The van der Waals surface area contributed by atoms with Crippen molar-refractivity contribution >= 4 is 17.5 Å². The molecule has 6 heteroatoms. The SMILES string of the molecule is CC1Oc2ccccc2N(CCC(=O)NCc2cccc(COc3ccccc3)c2)C1=O. The van der Waals surface area contributed by atoms with E-state index in [0.29, 0.717) is 31.1 Å². The molecule has 0 saturated carbocycles. The lowest BCUT2D eigenvalue weighted by Crippen LogP contribution is -2.45. The fourth-order valence-corrected chi connectivity index (χ4v) is 3.60. The van der Waals surface area contributed by atoms with Crippen LogP contribution in [0, 0.1) is 0 Å². The molecule has 1 atom stereocenters. The van der Waals surface area contributed by atoms with E-state index in [1.165, 1.54) is 0 Å². The number of nitrogens with one attached hydrogen (secondary N) is 1. The molecule has 1 aliphatic heterocycles. The summed E-state index contributed by atoms with van der Waals surface area (Å²) in [7, 11) is 0. The van der Waals surface area contributed by atoms with Crippen LogP contribution >= 0.6 is 0 Å². The molecule has 6 nitrogen and oxygen atoms in total. The molecule has 1 heterocycles. The van der Waals surface area contributed by atoms with Gasteiger partial charge < -0.3 is 19.7 Å². The number of ether oxygens (including phenoxy) is 2. The van der Waals surface area contributed by atoms with Crippen molar-refractivity contribution in [2.75, 3.05) is 11.4 Å². The average molecular weight is 431 g/mol. The lowest BCUT2D eigenvalue weighted by atomic mass is 10.1. The summed E-state index contributed by atoms with van der Waals surface area (Å²) in [5.74, 6) is 1.23. The van der Waals surface area contributed by atoms with Gasteiger partial charge in [0.1, 0.15) is 18.1 Å². The number of hydrogen-bond acceptors (Lipinski definition) is 4. The molecule has 3 aromatic rings. The maximum Gasteiger partial charge on any atom is 0.267 e. The van der Waals surface area contributed by atoms with Crippen molar-refractivity contribution in [1.29, 1.82) is 0 Å². The molecule has 0 bridgehead atoms. The second-order valence-corrected chi connectivity index (χ2v) is 7.67. The van der Waals surface area contributed by atoms with Crippen molar-refractivity contribution in [3.63, 3.8) is 0 Å². The van der Waals surface area contributed by atoms with E-state index >= 15 is 0 Å². The predicted molar refractivity (Wildman–Crippen MR) is 123 cm³/mol. The highest BCUT2D eigenvalue weighted by molar-refractivity contribution is 6.00. The first kappa shape index (κ1) is 21.4. The largest absolute Gasteiger partial charge is 0.489 e. The third-order valence-electron chi connectivity index (χ3n) is 5.27. The molecule has 0 aromatic heterocycles. The van der Waals surface area contributed by atoms with Gasteiger partial charge in [-0.05, 0) is 42.3 Å². The maximum absolute atomic E-state index is 12.5. The van der Waals surface area contributed by atoms with Crippen LogP contribution in [0.5, 0.6) is 11.5 Å². The van der Waals surface area contributed by atoms with Crippen molar-refractivity contribution < 1.29 is 19.1 Å². The maximum atomic E-state index is 12.5. The van der Waals surface area contributed by atoms with Gasteiger partial charge >= 0.3 is 0 Å². The van der Waals surface area contributed by atoms with E-state index in [4.69, 9.17) is 9.47 Å². The Balaban J connectivity index is 1.29. The lowest BCUT2D eigenvalue weighted by molar-refractivity contribution is -0.125. The third-order valence-corrected chi connectivity index (χ3v) is 5.27. The lowest BCUT2D eigenvalue weighted by Gasteiger charge is -2.32. The van der Waals surface area contributed by atoms with Crippen molar-refractivity contribution in [2.24, 2.45) is 0 Å². The first-order chi connectivity index (χ1) is 15.6. The Kier molecular flexibility index (Phi) is 6.70. The predicted octanol–water partition coefficient (Wildman–Crippen LogP) is 4.09. The number of para-hydroxylation sites is 3. The van der Waals surface area contributed by atoms with E-state index in [1.54, 1.807) is 11.8 Å². The Hall–Kier alpha value is -3.80. The van der Waals surface area contributed by atoms with Crippen LogP contribution < -0.4 is 19.7 Å². The van der Waals surface area contributed by atoms with Gasteiger partial charge in [0.05, 0.1) is 5.69 Å². The molecule has 1 N–H and O–H groups in total. The van der Waals surface area contributed by atoms with Crippen LogP contribution in [0.1, 0.15) is 24.5 Å². The summed E-state index contributed by atoms with van der Waals surface area (Å²) in [4.78, 5) is 26.6. The molecule has 0 radical (unpaired) electrons. The number of carbonyl (C=O) groups excluding carboxylic acids is 2. The molecule has 0 saturated heterocycles. The summed E-state index contributed by atoms with van der Waals surface area (Å²) in [6.45, 7) is 2.91. The Morgan fingerprint density at radius 3 is 2.59 bits per heavy atom. The Morgan fingerprint density at radius 2 is 1.75 bits per heavy atom. The number of carbonyl (C=O) groups is 2. The number of fused-ring (bicyclic) bond motifs is 1. The molecular weight excluding hydrogens is 404 g/mol. The number of benzene rings is 3. The summed E-state index contributed by atoms with van der Waals surface area (Å²) >= 11 is 0. The molecule has 1 aliphatic rings. The smallest absolute Gasteiger partial charge is 0.267 e. The topological polar surface area (TPSA) is 67.9 Å². The van der Waals surface area contributed by atoms with Gasteiger partial charge in [-0.15, -0.1) is 0 Å². The Labute approximate surface area is 187 Å². The fraction of sp³-hybridized carbons (Fsp3) is 0.231. The van der Waals surface area contributed by atoms with E-state index in [9.17, 15) is 9.59 Å². The molecule has 32 heavy (non-hydrogen) atoms. The van der Waals surface area contributed by atoms with Crippen LogP contribution in [0.25, 0.3) is 0 Å². The van der Waals surface area contributed by atoms with Crippen molar-refractivity contribution in [1.82, 2.24) is 5.32 Å². The van der Waals surface area contributed by atoms with Crippen LogP contribution in [0.3, 0.4) is 0 Å². The van der Waals surface area contributed by atoms with Crippen LogP contribution in [0.2, 0.25) is 0 Å². The van der Waals surface area contributed by atoms with Crippen LogP contribution in [0.15, 0.2) is 78.9 Å². The Bertz CT molecular complexity index is 1080. The second kappa shape index (κ2) is 10.0. The monoisotopic (exact) mass is 430 g/mol. The normalized spacial score (nSPS) is 15.0. The van der Waals surface area contributed by atoms with E-state index in [0.717, 1.165) is 16.9 Å². The highest BCUT2D eigenvalue weighted by Gasteiger charge is 2.31. The number of hydrogen-bond donors (Lipinski definition) is 1. The fourth-order valence-electron chi connectivity index (χ4n) is 3.60. The first-order valence-corrected chi connectivity index (χ1v) is 10.7. The summed E-state index contributed by atoms with van der Waals surface area (Å²) in [5.41, 5.74) is 2.73. The molecule has 3 aromatic carbocycles. The van der Waals surface area contributed by atoms with Crippen molar-refractivity contribution in [2.45, 2.75) is 32.6 Å². The molecule has 0 fully saturated rings. The summed E-state index contributed by atoms with van der Waals surface area (Å²) < 4.78 is 11.4. The van der Waals surface area contributed by atoms with Gasteiger partial charge in [0, 0.05) is 19.5 Å². The van der Waals surface area contributed by atoms with Gasteiger partial charge in [-0.25, -0.2) is 0 Å². The minimum Gasteiger partial charge on any atom is -0.489 e. The molecule has 0 spiro atoms. The molecule has 2 amide bonds. The van der Waals surface area contributed by atoms with E-state index in [2.05, 4.69) is 5.32 Å². The number of anilines is 1. The van der Waals surface area contributed by atoms with E-state index in [1.807, 2.05) is 78.9 Å². The minimum absolute atomic E-state index is 0.111. The quantitative estimate of drug-likeness (QED) is 0.585. The molecule has 1 unspecified atom stereocenters. The number of nitrogens with zero attached hydrogens (tertiary/aromatic N) is 1. The van der Waals surface area contributed by atoms with Gasteiger partial charge in [-0.2, -0.15) is 0 Å². The molecule has 4 rings (SSSR count). The third kappa shape index (κ3) is 5.27. The second-order valence-electron chi connectivity index (χ2n) is 7.67. The highest BCUT2D eigenvalue weighted by Crippen LogP contribution is 2.33. The Morgan fingerprint density at radius 1 is 1.00 bits per heavy atom. The van der Waals surface area contributed by atoms with Crippen LogP contribution in [-0.4, -0.2) is 24.5 Å². The zero-order chi connectivity index (χ0) is 22.3. The van der Waals surface area contributed by atoms with Gasteiger partial charge in [0.25, 0.3) is 5.91 Å². The van der Waals surface area contributed by atoms with Gasteiger partial charge in [0.15, 0.2) is 6.10 Å². The van der Waals surface area contributed by atoms with E-state index in [-0.39, 0.29) is 18.2 Å². The molecule has 0 aliphatic carbocycles.